The molecule has 0 spiro atoms. The van der Waals surface area contributed by atoms with Crippen molar-refractivity contribution in [3.05, 3.63) is 98.8 Å². The lowest BCUT2D eigenvalue weighted by atomic mass is 10.1. The third-order valence-electron chi connectivity index (χ3n) is 4.76. The van der Waals surface area contributed by atoms with E-state index in [4.69, 9.17) is 17.3 Å². The predicted octanol–water partition coefficient (Wildman–Crippen LogP) is 5.03. The second kappa shape index (κ2) is 9.39. The molecule has 0 saturated heterocycles. The molecule has 0 fully saturated rings. The number of benzene rings is 3. The van der Waals surface area contributed by atoms with Gasteiger partial charge in [-0.05, 0) is 30.3 Å². The first-order valence-electron chi connectivity index (χ1n) is 9.52. The maximum Gasteiger partial charge on any atom is 0.274 e. The zero-order chi connectivity index (χ0) is 23.5. The van der Waals surface area contributed by atoms with Crippen LogP contribution < -0.4 is 5.73 Å². The molecule has 0 bridgehead atoms. The van der Waals surface area contributed by atoms with Gasteiger partial charge in [0.15, 0.2) is 11.0 Å². The fourth-order valence-corrected chi connectivity index (χ4v) is 4.34. The van der Waals surface area contributed by atoms with Crippen molar-refractivity contribution in [1.29, 1.82) is 0 Å². The van der Waals surface area contributed by atoms with Gasteiger partial charge in [0.2, 0.25) is 5.91 Å². The van der Waals surface area contributed by atoms with Crippen LogP contribution in [0.1, 0.15) is 15.9 Å². The summed E-state index contributed by atoms with van der Waals surface area (Å²) in [6.07, 6.45) is 0. The van der Waals surface area contributed by atoms with Gasteiger partial charge >= 0.3 is 0 Å². The first-order chi connectivity index (χ1) is 15.9. The monoisotopic (exact) mass is 483 g/mol. The first kappa shape index (κ1) is 22.4. The summed E-state index contributed by atoms with van der Waals surface area (Å²) < 4.78 is 16.2. The van der Waals surface area contributed by atoms with E-state index in [9.17, 15) is 19.3 Å². The normalized spacial score (nSPS) is 10.8. The molecule has 1 heterocycles. The molecular formula is C22H15ClFN5O3S. The van der Waals surface area contributed by atoms with Crippen molar-refractivity contribution < 1.29 is 14.1 Å². The first-order valence-corrected chi connectivity index (χ1v) is 10.9. The van der Waals surface area contributed by atoms with Crippen LogP contribution in [-0.2, 0) is 5.75 Å². The number of nitrogens with zero attached hydrogens (tertiary/aromatic N) is 4. The Labute approximate surface area is 196 Å². The lowest BCUT2D eigenvalue weighted by Gasteiger charge is -2.12. The second-order valence-electron chi connectivity index (χ2n) is 6.83. The van der Waals surface area contributed by atoms with E-state index in [2.05, 4.69) is 10.2 Å². The number of rotatable bonds is 7. The summed E-state index contributed by atoms with van der Waals surface area (Å²) in [5.41, 5.74) is 6.12. The fraction of sp³-hybridized carbons (Fsp3) is 0.0455. The topological polar surface area (TPSA) is 117 Å². The Morgan fingerprint density at radius 2 is 1.85 bits per heavy atom. The molecule has 0 radical (unpaired) electrons. The van der Waals surface area contributed by atoms with E-state index in [0.29, 0.717) is 27.1 Å². The summed E-state index contributed by atoms with van der Waals surface area (Å²) in [4.78, 5) is 22.3. The second-order valence-corrected chi connectivity index (χ2v) is 8.18. The number of nitro benzene ring substituents is 1. The van der Waals surface area contributed by atoms with Crippen molar-refractivity contribution >= 4 is 35.0 Å². The molecule has 33 heavy (non-hydrogen) atoms. The molecule has 0 aliphatic carbocycles. The van der Waals surface area contributed by atoms with Crippen molar-refractivity contribution in [2.24, 2.45) is 5.73 Å². The van der Waals surface area contributed by atoms with Gasteiger partial charge in [0, 0.05) is 28.5 Å². The minimum atomic E-state index is -0.763. The third kappa shape index (κ3) is 4.57. The van der Waals surface area contributed by atoms with Gasteiger partial charge in [0.1, 0.15) is 5.82 Å². The van der Waals surface area contributed by atoms with Gasteiger partial charge in [-0.15, -0.1) is 10.2 Å². The molecule has 0 unspecified atom stereocenters. The molecule has 1 aromatic heterocycles. The van der Waals surface area contributed by atoms with Crippen LogP contribution >= 0.6 is 23.4 Å². The Morgan fingerprint density at radius 3 is 2.55 bits per heavy atom. The number of carbonyl (C=O) groups excluding carboxylic acids is 1. The Hall–Kier alpha value is -3.76. The van der Waals surface area contributed by atoms with Crippen molar-refractivity contribution in [2.45, 2.75) is 10.9 Å². The minimum Gasteiger partial charge on any atom is -0.366 e. The number of carbonyl (C=O) groups is 1. The molecule has 2 N–H and O–H groups in total. The molecule has 1 amide bonds. The molecule has 0 atom stereocenters. The van der Waals surface area contributed by atoms with E-state index >= 15 is 0 Å². The minimum absolute atomic E-state index is 0.0333. The summed E-state index contributed by atoms with van der Waals surface area (Å²) >= 11 is 7.47. The number of para-hydroxylation sites is 1. The average Bonchev–Trinajstić information content (AvgIpc) is 3.21. The van der Waals surface area contributed by atoms with Crippen LogP contribution in [-0.4, -0.2) is 25.6 Å². The molecule has 166 valence electrons. The van der Waals surface area contributed by atoms with Crippen LogP contribution in [0.3, 0.4) is 0 Å². The van der Waals surface area contributed by atoms with Crippen molar-refractivity contribution in [2.75, 3.05) is 0 Å². The Balaban J connectivity index is 1.77. The highest BCUT2D eigenvalue weighted by atomic mass is 35.5. The van der Waals surface area contributed by atoms with Crippen LogP contribution in [0.25, 0.3) is 17.1 Å². The molecule has 0 aliphatic rings. The van der Waals surface area contributed by atoms with Gasteiger partial charge < -0.3 is 5.73 Å². The number of thioether (sulfide) groups is 1. The molecule has 3 aromatic carbocycles. The van der Waals surface area contributed by atoms with Gasteiger partial charge in [-0.1, -0.05) is 53.7 Å². The molecule has 4 aromatic rings. The highest BCUT2D eigenvalue weighted by molar-refractivity contribution is 7.98. The maximum absolute atomic E-state index is 14.7. The Morgan fingerprint density at radius 1 is 1.12 bits per heavy atom. The lowest BCUT2D eigenvalue weighted by molar-refractivity contribution is -0.385. The number of aromatic nitrogens is 3. The van der Waals surface area contributed by atoms with Crippen LogP contribution in [0.15, 0.2) is 71.9 Å². The maximum atomic E-state index is 14.7. The van der Waals surface area contributed by atoms with E-state index in [1.807, 2.05) is 0 Å². The van der Waals surface area contributed by atoms with Crippen LogP contribution in [0, 0.1) is 15.9 Å². The highest BCUT2D eigenvalue weighted by Crippen LogP contribution is 2.35. The standard InChI is InChI=1S/C22H15ClFN5O3S/c23-16-6-2-1-5-15(16)21-26-27-22(28(21)18-8-4-3-7-17(18)24)33-12-14-10-9-13(20(25)30)11-19(14)29(31)32/h1-11H,12H2,(H2,25,30). The smallest absolute Gasteiger partial charge is 0.274 e. The zero-order valence-electron chi connectivity index (χ0n) is 16.8. The summed E-state index contributed by atoms with van der Waals surface area (Å²) in [5, 5.41) is 20.6. The van der Waals surface area contributed by atoms with Gasteiger partial charge in [0.25, 0.3) is 5.69 Å². The van der Waals surface area contributed by atoms with Gasteiger partial charge in [-0.25, -0.2) is 4.39 Å². The molecule has 4 rings (SSSR count). The highest BCUT2D eigenvalue weighted by Gasteiger charge is 2.22. The quantitative estimate of drug-likeness (QED) is 0.224. The predicted molar refractivity (Wildman–Crippen MR) is 123 cm³/mol. The van der Waals surface area contributed by atoms with E-state index < -0.39 is 16.6 Å². The van der Waals surface area contributed by atoms with Gasteiger partial charge in [0.05, 0.1) is 15.6 Å². The molecular weight excluding hydrogens is 469 g/mol. The number of nitro groups is 1. The van der Waals surface area contributed by atoms with Crippen molar-refractivity contribution in [3.8, 4) is 17.1 Å². The SMILES string of the molecule is NC(=O)c1ccc(CSc2nnc(-c3ccccc3Cl)n2-c2ccccc2F)c([N+](=O)[O-])c1. The summed E-state index contributed by atoms with van der Waals surface area (Å²) in [7, 11) is 0. The number of hydrogen-bond donors (Lipinski definition) is 1. The molecule has 0 saturated carbocycles. The molecule has 11 heteroatoms. The largest absolute Gasteiger partial charge is 0.366 e. The number of nitrogens with two attached hydrogens (primary N) is 1. The van der Waals surface area contributed by atoms with Gasteiger partial charge in [-0.2, -0.15) is 0 Å². The lowest BCUT2D eigenvalue weighted by Crippen LogP contribution is -2.11. The summed E-state index contributed by atoms with van der Waals surface area (Å²) in [6, 6.07) is 17.1. The van der Waals surface area contributed by atoms with E-state index in [-0.39, 0.29) is 22.7 Å². The molecule has 8 nitrogen and oxygen atoms in total. The number of hydrogen-bond acceptors (Lipinski definition) is 6. The van der Waals surface area contributed by atoms with E-state index in [1.165, 1.54) is 22.8 Å². The fourth-order valence-electron chi connectivity index (χ4n) is 3.18. The Bertz CT molecular complexity index is 1380. The van der Waals surface area contributed by atoms with E-state index in [1.54, 1.807) is 42.5 Å². The van der Waals surface area contributed by atoms with Crippen LogP contribution in [0.2, 0.25) is 5.02 Å². The third-order valence-corrected chi connectivity index (χ3v) is 6.07. The summed E-state index contributed by atoms with van der Waals surface area (Å²) in [6.45, 7) is 0. The molecule has 0 aliphatic heterocycles. The number of primary amides is 1. The Kier molecular flexibility index (Phi) is 6.38. The number of halogens is 2. The summed E-state index contributed by atoms with van der Waals surface area (Å²) in [5.74, 6) is -0.818. The van der Waals surface area contributed by atoms with E-state index in [0.717, 1.165) is 17.8 Å². The van der Waals surface area contributed by atoms with Crippen molar-refractivity contribution in [1.82, 2.24) is 14.8 Å². The van der Waals surface area contributed by atoms with Crippen LogP contribution in [0.4, 0.5) is 10.1 Å². The van der Waals surface area contributed by atoms with Crippen LogP contribution in [0.5, 0.6) is 0 Å². The van der Waals surface area contributed by atoms with Gasteiger partial charge in [-0.3, -0.25) is 19.5 Å². The zero-order valence-corrected chi connectivity index (χ0v) is 18.4. The average molecular weight is 484 g/mol. The van der Waals surface area contributed by atoms with Crippen molar-refractivity contribution in [3.63, 3.8) is 0 Å². The number of amides is 1.